The summed E-state index contributed by atoms with van der Waals surface area (Å²) >= 11 is 0. The van der Waals surface area contributed by atoms with Gasteiger partial charge in [-0.15, -0.1) is 0 Å². The van der Waals surface area contributed by atoms with Crippen molar-refractivity contribution in [3.8, 4) is 0 Å². The van der Waals surface area contributed by atoms with Gasteiger partial charge in [0, 0.05) is 18.4 Å². The Kier molecular flexibility index (Phi) is 18.7. The number of fused-ring (bicyclic) bond motifs is 1. The van der Waals surface area contributed by atoms with E-state index in [0.717, 1.165) is 60.7 Å². The summed E-state index contributed by atoms with van der Waals surface area (Å²) in [6.45, 7) is 39.3. The first-order valence-electron chi connectivity index (χ1n) is 22.3. The quantitative estimate of drug-likeness (QED) is 0.0476. The maximum absolute atomic E-state index is 14.8. The average molecular weight is 859 g/mol. The van der Waals surface area contributed by atoms with Crippen LogP contribution in [0.1, 0.15) is 140 Å². The van der Waals surface area contributed by atoms with Crippen molar-refractivity contribution < 1.29 is 27.6 Å². The molecule has 58 heavy (non-hydrogen) atoms. The van der Waals surface area contributed by atoms with E-state index < -0.39 is 42.4 Å². The number of rotatable bonds is 23. The maximum Gasteiger partial charge on any atom is 0.308 e. The minimum absolute atomic E-state index is 0.00499. The highest BCUT2D eigenvalue weighted by Crippen LogP contribution is 2.44. The molecule has 1 aromatic heterocycles. The second-order valence-electron chi connectivity index (χ2n) is 20.8. The molecule has 1 heterocycles. The molecule has 5 atom stereocenters. The Hall–Kier alpha value is -1.90. The SMILES string of the molecule is CC[Si](CC)(CC)O[C@H](C/C=C/CCC[C@H](C)[C@H](O[Si](C)(C)C(C)(C)C)[C@@H](C)C(=O)C(C)(C)[C@H](CC(=O)OC)O[Si](C)(C)C(C)(C)C)c1ccc2c(c1)nc(C)n2C. The van der Waals surface area contributed by atoms with Crippen molar-refractivity contribution in [3.05, 3.63) is 41.7 Å². The molecular weight excluding hydrogens is 773 g/mol. The summed E-state index contributed by atoms with van der Waals surface area (Å²) in [7, 11) is -2.99. The number of esters is 1. The van der Waals surface area contributed by atoms with E-state index in [-0.39, 0.29) is 46.4 Å². The van der Waals surface area contributed by atoms with E-state index in [9.17, 15) is 9.59 Å². The maximum atomic E-state index is 14.8. The molecule has 8 nitrogen and oxygen atoms in total. The van der Waals surface area contributed by atoms with E-state index in [0.29, 0.717) is 0 Å². The van der Waals surface area contributed by atoms with Crippen LogP contribution in [0.15, 0.2) is 30.4 Å². The summed E-state index contributed by atoms with van der Waals surface area (Å²) in [6.07, 6.45) is 7.47. The number of ketones is 1. The molecule has 0 amide bonds. The lowest BCUT2D eigenvalue weighted by molar-refractivity contribution is -0.148. The molecule has 0 saturated carbocycles. The first-order chi connectivity index (χ1) is 26.5. The molecule has 2 aromatic rings. The summed E-state index contributed by atoms with van der Waals surface area (Å²) in [5, 5.41) is -0.103. The Balaban J connectivity index is 2.34. The van der Waals surface area contributed by atoms with E-state index in [4.69, 9.17) is 23.0 Å². The van der Waals surface area contributed by atoms with Crippen LogP contribution in [0.4, 0.5) is 0 Å². The molecule has 0 unspecified atom stereocenters. The van der Waals surface area contributed by atoms with E-state index in [1.165, 1.54) is 12.7 Å². The van der Waals surface area contributed by atoms with Crippen LogP contribution in [-0.4, -0.2) is 65.6 Å². The van der Waals surface area contributed by atoms with Crippen LogP contribution < -0.4 is 0 Å². The predicted octanol–water partition coefficient (Wildman–Crippen LogP) is 13.3. The molecule has 1 aromatic carbocycles. The van der Waals surface area contributed by atoms with E-state index >= 15 is 0 Å². The molecule has 332 valence electrons. The smallest absolute Gasteiger partial charge is 0.308 e. The minimum atomic E-state index is -2.34. The highest BCUT2D eigenvalue weighted by Gasteiger charge is 2.50. The normalized spacial score (nSPS) is 16.4. The number of hydrogen-bond donors (Lipinski definition) is 0. The van der Waals surface area contributed by atoms with Gasteiger partial charge < -0.3 is 22.6 Å². The van der Waals surface area contributed by atoms with Crippen LogP contribution in [0.25, 0.3) is 11.0 Å². The number of nitrogens with zero attached hydrogens (tertiary/aromatic N) is 2. The van der Waals surface area contributed by atoms with Gasteiger partial charge in [-0.2, -0.15) is 0 Å². The van der Waals surface area contributed by atoms with Gasteiger partial charge in [0.2, 0.25) is 0 Å². The number of methoxy groups -OCH3 is 1. The number of aryl methyl sites for hydroxylation is 2. The number of imidazole rings is 1. The number of aromatic nitrogens is 2. The third kappa shape index (κ3) is 13.1. The molecule has 0 radical (unpaired) electrons. The number of benzene rings is 1. The summed E-state index contributed by atoms with van der Waals surface area (Å²) in [6, 6.07) is 9.97. The van der Waals surface area contributed by atoms with Crippen LogP contribution in [0.3, 0.4) is 0 Å². The van der Waals surface area contributed by atoms with Crippen LogP contribution in [-0.2, 0) is 34.7 Å². The van der Waals surface area contributed by atoms with Crippen molar-refractivity contribution in [2.75, 3.05) is 7.11 Å². The lowest BCUT2D eigenvalue weighted by Gasteiger charge is -2.46. The zero-order valence-electron chi connectivity index (χ0n) is 40.8. The van der Waals surface area contributed by atoms with Crippen LogP contribution in [0, 0.1) is 24.2 Å². The molecule has 2 rings (SSSR count). The molecule has 0 saturated heterocycles. The van der Waals surface area contributed by atoms with Gasteiger partial charge in [0.05, 0.1) is 42.9 Å². The van der Waals surface area contributed by atoms with Crippen molar-refractivity contribution in [3.63, 3.8) is 0 Å². The average Bonchev–Trinajstić information content (AvgIpc) is 3.42. The summed E-state index contributed by atoms with van der Waals surface area (Å²) < 4.78 is 28.5. The number of allylic oxidation sites excluding steroid dienone is 1. The van der Waals surface area contributed by atoms with Gasteiger partial charge in [-0.05, 0) is 111 Å². The highest BCUT2D eigenvalue weighted by molar-refractivity contribution is 6.74. The first-order valence-corrected chi connectivity index (χ1v) is 30.6. The number of carbonyl (C=O) groups excluding carboxylic acids is 2. The van der Waals surface area contributed by atoms with E-state index in [2.05, 4.69) is 144 Å². The van der Waals surface area contributed by atoms with Gasteiger partial charge in [-0.1, -0.05) is 108 Å². The molecule has 0 aliphatic carbocycles. The standard InChI is InChI=1S/C47H86N2O6Si3/c1-21-58(22-2,23-3)53-40(37-30-31-39-38(32-37)48-36(6)49(39)15)29-27-25-24-26-28-34(4)43(55-57(19,20)46(10,11)12)35(5)44(51)47(13,14)41(33-42(50)52-16)54-56(17,18)45(7,8)9/h25,27,30-32,34-35,40-41,43H,21-24,26,28-29,33H2,1-20H3/b27-25+/t34-,35+,40+,41-,43-/m0/s1. The molecule has 0 N–H and O–H groups in total. The van der Waals surface area contributed by atoms with Gasteiger partial charge in [0.25, 0.3) is 0 Å². The molecule has 0 fully saturated rings. The van der Waals surface area contributed by atoms with Crippen LogP contribution >= 0.6 is 0 Å². The summed E-state index contributed by atoms with van der Waals surface area (Å²) in [5.41, 5.74) is 2.43. The second kappa shape index (κ2) is 20.8. The zero-order chi connectivity index (χ0) is 44.7. The largest absolute Gasteiger partial charge is 0.469 e. The van der Waals surface area contributed by atoms with Crippen molar-refractivity contribution in [2.24, 2.45) is 24.3 Å². The second-order valence-corrected chi connectivity index (χ2v) is 35.0. The first kappa shape index (κ1) is 52.2. The summed E-state index contributed by atoms with van der Waals surface area (Å²) in [5.74, 6) is 0.476. The molecule has 0 spiro atoms. The van der Waals surface area contributed by atoms with Crippen LogP contribution in [0.2, 0.25) is 54.4 Å². The predicted molar refractivity (Wildman–Crippen MR) is 252 cm³/mol. The Morgan fingerprint density at radius 3 is 1.91 bits per heavy atom. The topological polar surface area (TPSA) is 88.9 Å². The fraction of sp³-hybridized carbons (Fsp3) is 0.766. The van der Waals surface area contributed by atoms with Gasteiger partial charge >= 0.3 is 5.97 Å². The van der Waals surface area contributed by atoms with Gasteiger partial charge in [-0.25, -0.2) is 4.98 Å². The van der Waals surface area contributed by atoms with Crippen molar-refractivity contribution in [2.45, 2.75) is 202 Å². The molecule has 0 aliphatic heterocycles. The number of unbranched alkanes of at least 4 members (excludes halogenated alkanes) is 1. The zero-order valence-corrected chi connectivity index (χ0v) is 43.8. The Morgan fingerprint density at radius 2 is 1.40 bits per heavy atom. The molecule has 11 heteroatoms. The number of Topliss-reactive ketones (excluding diaryl/α,β-unsaturated/α-hetero) is 1. The van der Waals surface area contributed by atoms with E-state index in [1.54, 1.807) is 0 Å². The Bertz CT molecular complexity index is 1660. The third-order valence-corrected chi connectivity index (χ3v) is 28.0. The fourth-order valence-electron chi connectivity index (χ4n) is 7.49. The molecule has 0 aliphatic rings. The number of carbonyl (C=O) groups is 2. The Morgan fingerprint density at radius 1 is 0.845 bits per heavy atom. The summed E-state index contributed by atoms with van der Waals surface area (Å²) in [4.78, 5) is 32.4. The van der Waals surface area contributed by atoms with Crippen molar-refractivity contribution in [1.29, 1.82) is 0 Å². The third-order valence-electron chi connectivity index (χ3n) is 14.3. The monoisotopic (exact) mass is 859 g/mol. The van der Waals surface area contributed by atoms with Gasteiger partial charge in [0.15, 0.2) is 25.0 Å². The number of hydrogen-bond acceptors (Lipinski definition) is 7. The minimum Gasteiger partial charge on any atom is -0.469 e. The lowest BCUT2D eigenvalue weighted by atomic mass is 9.73. The van der Waals surface area contributed by atoms with Crippen molar-refractivity contribution in [1.82, 2.24) is 9.55 Å². The molecular formula is C47H86N2O6Si3. The highest BCUT2D eigenvalue weighted by atomic mass is 28.4. The van der Waals surface area contributed by atoms with Gasteiger partial charge in [-0.3, -0.25) is 9.59 Å². The van der Waals surface area contributed by atoms with E-state index in [1.807, 2.05) is 20.8 Å². The molecule has 0 bridgehead atoms. The number of ether oxygens (including phenoxy) is 1. The van der Waals surface area contributed by atoms with Gasteiger partial charge in [0.1, 0.15) is 11.6 Å². The lowest BCUT2D eigenvalue weighted by Crippen LogP contribution is -2.54. The fourth-order valence-corrected chi connectivity index (χ4v) is 13.2. The Labute approximate surface area is 358 Å². The van der Waals surface area contributed by atoms with Crippen molar-refractivity contribution >= 4 is 47.7 Å². The van der Waals surface area contributed by atoms with Crippen LogP contribution in [0.5, 0.6) is 0 Å².